The Bertz CT molecular complexity index is 600. The zero-order valence-corrected chi connectivity index (χ0v) is 14.0. The molecule has 1 heteroatoms. The first-order chi connectivity index (χ1) is 9.63. The highest BCUT2D eigenvalue weighted by molar-refractivity contribution is 7.14. The summed E-state index contributed by atoms with van der Waals surface area (Å²) in [4.78, 5) is 1.35. The topological polar surface area (TPSA) is 0 Å². The van der Waals surface area contributed by atoms with Gasteiger partial charge in [-0.05, 0) is 48.4 Å². The Labute approximate surface area is 127 Å². The SMILES string of the molecule is C=C/C=C\c1c(C)csc1-c1cc(C)ccc1C.CC. The molecule has 0 nitrogen and oxygen atoms in total. The van der Waals surface area contributed by atoms with E-state index >= 15 is 0 Å². The van der Waals surface area contributed by atoms with Gasteiger partial charge in [0.05, 0.1) is 0 Å². The molecule has 0 aliphatic carbocycles. The summed E-state index contributed by atoms with van der Waals surface area (Å²) in [7, 11) is 0. The Morgan fingerprint density at radius 1 is 1.05 bits per heavy atom. The molecule has 0 unspecified atom stereocenters. The standard InChI is InChI=1S/C17H18S.C2H6/c1-5-6-7-15-14(4)11-18-17(15)16-10-12(2)8-9-13(16)3;1-2/h5-11H,1H2,2-4H3;1-2H3/b7-6-;. The van der Waals surface area contributed by atoms with Gasteiger partial charge < -0.3 is 0 Å². The summed E-state index contributed by atoms with van der Waals surface area (Å²) in [5, 5.41) is 2.22. The number of benzene rings is 1. The molecule has 0 fully saturated rings. The van der Waals surface area contributed by atoms with Crippen molar-refractivity contribution in [3.8, 4) is 10.4 Å². The van der Waals surface area contributed by atoms with Gasteiger partial charge in [-0.1, -0.05) is 62.4 Å². The maximum absolute atomic E-state index is 3.74. The van der Waals surface area contributed by atoms with Gasteiger partial charge in [0, 0.05) is 4.88 Å². The van der Waals surface area contributed by atoms with E-state index in [0.29, 0.717) is 0 Å². The highest BCUT2D eigenvalue weighted by atomic mass is 32.1. The molecule has 0 aliphatic heterocycles. The van der Waals surface area contributed by atoms with Crippen molar-refractivity contribution in [2.45, 2.75) is 34.6 Å². The average molecular weight is 284 g/mol. The molecule has 0 radical (unpaired) electrons. The molecule has 106 valence electrons. The van der Waals surface area contributed by atoms with Gasteiger partial charge in [-0.15, -0.1) is 11.3 Å². The first kappa shape index (κ1) is 16.5. The molecule has 0 amide bonds. The highest BCUT2D eigenvalue weighted by Crippen LogP contribution is 2.35. The zero-order chi connectivity index (χ0) is 15.1. The molecule has 1 heterocycles. The van der Waals surface area contributed by atoms with E-state index in [4.69, 9.17) is 0 Å². The molecule has 0 saturated carbocycles. The predicted molar refractivity (Wildman–Crippen MR) is 94.5 cm³/mol. The van der Waals surface area contributed by atoms with Gasteiger partial charge in [0.25, 0.3) is 0 Å². The maximum atomic E-state index is 3.74. The van der Waals surface area contributed by atoms with Gasteiger partial charge in [0.2, 0.25) is 0 Å². The van der Waals surface area contributed by atoms with Crippen LogP contribution in [0.25, 0.3) is 16.5 Å². The second kappa shape index (κ2) is 7.86. The summed E-state index contributed by atoms with van der Waals surface area (Å²) < 4.78 is 0. The van der Waals surface area contributed by atoms with Crippen LogP contribution in [0.1, 0.15) is 36.1 Å². The number of rotatable bonds is 3. The molecule has 2 rings (SSSR count). The van der Waals surface area contributed by atoms with Crippen molar-refractivity contribution < 1.29 is 0 Å². The molecule has 0 spiro atoms. The summed E-state index contributed by atoms with van der Waals surface area (Å²) in [6, 6.07) is 6.63. The van der Waals surface area contributed by atoms with E-state index in [2.05, 4.69) is 57.0 Å². The van der Waals surface area contributed by atoms with Gasteiger partial charge in [-0.3, -0.25) is 0 Å². The monoisotopic (exact) mass is 284 g/mol. The normalized spacial score (nSPS) is 10.2. The Balaban J connectivity index is 0.000000956. The number of allylic oxidation sites excluding steroid dienone is 2. The van der Waals surface area contributed by atoms with Crippen molar-refractivity contribution in [2.75, 3.05) is 0 Å². The van der Waals surface area contributed by atoms with E-state index in [1.165, 1.54) is 32.7 Å². The number of hydrogen-bond acceptors (Lipinski definition) is 1. The summed E-state index contributed by atoms with van der Waals surface area (Å²) in [5.74, 6) is 0. The number of hydrogen-bond donors (Lipinski definition) is 0. The highest BCUT2D eigenvalue weighted by Gasteiger charge is 2.10. The molecular weight excluding hydrogens is 260 g/mol. The van der Waals surface area contributed by atoms with Crippen LogP contribution in [0.5, 0.6) is 0 Å². The van der Waals surface area contributed by atoms with Gasteiger partial charge in [0.1, 0.15) is 0 Å². The van der Waals surface area contributed by atoms with Gasteiger partial charge in [0.15, 0.2) is 0 Å². The van der Waals surface area contributed by atoms with Crippen LogP contribution in [0.3, 0.4) is 0 Å². The van der Waals surface area contributed by atoms with E-state index < -0.39 is 0 Å². The van der Waals surface area contributed by atoms with Crippen LogP contribution < -0.4 is 0 Å². The van der Waals surface area contributed by atoms with E-state index in [-0.39, 0.29) is 0 Å². The van der Waals surface area contributed by atoms with E-state index in [9.17, 15) is 0 Å². The third-order valence-electron chi connectivity index (χ3n) is 3.06. The maximum Gasteiger partial charge on any atom is 0.0420 e. The Morgan fingerprint density at radius 2 is 1.75 bits per heavy atom. The summed E-state index contributed by atoms with van der Waals surface area (Å²) in [6.45, 7) is 14.2. The summed E-state index contributed by atoms with van der Waals surface area (Å²) >= 11 is 1.82. The average Bonchev–Trinajstić information content (AvgIpc) is 2.82. The first-order valence-corrected chi connectivity index (χ1v) is 7.96. The minimum Gasteiger partial charge on any atom is -0.143 e. The fraction of sp³-hybridized carbons (Fsp3) is 0.263. The largest absolute Gasteiger partial charge is 0.143 e. The lowest BCUT2D eigenvalue weighted by molar-refractivity contribution is 1.40. The molecule has 0 saturated heterocycles. The van der Waals surface area contributed by atoms with Crippen LogP contribution in [0.4, 0.5) is 0 Å². The fourth-order valence-electron chi connectivity index (χ4n) is 2.01. The molecule has 20 heavy (non-hydrogen) atoms. The van der Waals surface area contributed by atoms with Crippen LogP contribution in [-0.4, -0.2) is 0 Å². The molecule has 1 aromatic heterocycles. The van der Waals surface area contributed by atoms with Crippen LogP contribution >= 0.6 is 11.3 Å². The van der Waals surface area contributed by atoms with Gasteiger partial charge in [-0.25, -0.2) is 0 Å². The Kier molecular flexibility index (Phi) is 6.47. The van der Waals surface area contributed by atoms with Crippen LogP contribution in [0.2, 0.25) is 0 Å². The Morgan fingerprint density at radius 3 is 2.40 bits per heavy atom. The minimum atomic E-state index is 1.31. The second-order valence-electron chi connectivity index (χ2n) is 4.57. The molecular formula is C19H24S. The van der Waals surface area contributed by atoms with Gasteiger partial charge >= 0.3 is 0 Å². The lowest BCUT2D eigenvalue weighted by atomic mass is 10.00. The van der Waals surface area contributed by atoms with Crippen molar-refractivity contribution in [3.63, 3.8) is 0 Å². The van der Waals surface area contributed by atoms with E-state index in [1.54, 1.807) is 0 Å². The van der Waals surface area contributed by atoms with Crippen molar-refractivity contribution in [2.24, 2.45) is 0 Å². The zero-order valence-electron chi connectivity index (χ0n) is 13.2. The molecule has 0 aliphatic rings. The van der Waals surface area contributed by atoms with Crippen LogP contribution in [0.15, 0.2) is 42.3 Å². The molecule has 1 aromatic carbocycles. The molecule has 2 aromatic rings. The first-order valence-electron chi connectivity index (χ1n) is 7.08. The molecule has 0 bridgehead atoms. The number of thiophene rings is 1. The third kappa shape index (κ3) is 3.71. The predicted octanol–water partition coefficient (Wildman–Crippen LogP) is 6.57. The third-order valence-corrected chi connectivity index (χ3v) is 4.21. The smallest absolute Gasteiger partial charge is 0.0420 e. The van der Waals surface area contributed by atoms with Crippen molar-refractivity contribution >= 4 is 17.4 Å². The van der Waals surface area contributed by atoms with Crippen molar-refractivity contribution in [3.05, 3.63) is 64.6 Å². The Hall–Kier alpha value is -1.60. The van der Waals surface area contributed by atoms with Gasteiger partial charge in [-0.2, -0.15) is 0 Å². The van der Waals surface area contributed by atoms with Crippen LogP contribution in [-0.2, 0) is 0 Å². The fourth-order valence-corrected chi connectivity index (χ4v) is 3.14. The van der Waals surface area contributed by atoms with Crippen molar-refractivity contribution in [1.82, 2.24) is 0 Å². The second-order valence-corrected chi connectivity index (χ2v) is 5.45. The lowest BCUT2D eigenvalue weighted by Gasteiger charge is -2.07. The van der Waals surface area contributed by atoms with Crippen LogP contribution in [0, 0.1) is 20.8 Å². The minimum absolute atomic E-state index is 1.31. The molecule has 0 N–H and O–H groups in total. The quantitative estimate of drug-likeness (QED) is 0.559. The summed E-state index contributed by atoms with van der Waals surface area (Å²) in [6.07, 6.45) is 5.98. The molecule has 0 atom stereocenters. The summed E-state index contributed by atoms with van der Waals surface area (Å²) in [5.41, 5.74) is 6.62. The van der Waals surface area contributed by atoms with E-state index in [1.807, 2.05) is 37.3 Å². The van der Waals surface area contributed by atoms with Crippen molar-refractivity contribution in [1.29, 1.82) is 0 Å². The number of aryl methyl sites for hydroxylation is 3. The van der Waals surface area contributed by atoms with E-state index in [0.717, 1.165) is 0 Å². The lowest BCUT2D eigenvalue weighted by Crippen LogP contribution is -1.85.